The van der Waals surface area contributed by atoms with Crippen molar-refractivity contribution in [3.8, 4) is 11.5 Å². The lowest BCUT2D eigenvalue weighted by Crippen LogP contribution is -2.30. The highest BCUT2D eigenvalue weighted by Crippen LogP contribution is 2.36. The summed E-state index contributed by atoms with van der Waals surface area (Å²) in [5.41, 5.74) is 2.88. The molecule has 6 heteroatoms. The van der Waals surface area contributed by atoms with Crippen LogP contribution in [0.5, 0.6) is 11.5 Å². The number of ether oxygens (including phenoxy) is 2. The number of carbonyl (C=O) groups is 1. The Kier molecular flexibility index (Phi) is 4.71. The van der Waals surface area contributed by atoms with Gasteiger partial charge in [0.15, 0.2) is 0 Å². The molecule has 0 radical (unpaired) electrons. The summed E-state index contributed by atoms with van der Waals surface area (Å²) in [5, 5.41) is 0. The van der Waals surface area contributed by atoms with Crippen LogP contribution in [0.2, 0.25) is 0 Å². The molecule has 1 amide bonds. The molecule has 140 valence electrons. The number of nitrogens with zero attached hydrogens (tertiary/aromatic N) is 3. The number of pyridine rings is 1. The Morgan fingerprint density at radius 1 is 1.22 bits per heavy atom. The molecule has 0 bridgehead atoms. The highest BCUT2D eigenvalue weighted by molar-refractivity contribution is 5.79. The van der Waals surface area contributed by atoms with E-state index in [1.165, 1.54) is 0 Å². The van der Waals surface area contributed by atoms with Crippen molar-refractivity contribution >= 4 is 11.6 Å². The molecule has 1 fully saturated rings. The van der Waals surface area contributed by atoms with Gasteiger partial charge in [0, 0.05) is 37.0 Å². The van der Waals surface area contributed by atoms with Crippen LogP contribution >= 0.6 is 0 Å². The fourth-order valence-corrected chi connectivity index (χ4v) is 3.78. The van der Waals surface area contributed by atoms with Crippen molar-refractivity contribution in [2.24, 2.45) is 0 Å². The predicted molar refractivity (Wildman–Crippen MR) is 102 cm³/mol. The first-order chi connectivity index (χ1) is 13.2. The topological polar surface area (TPSA) is 56.1 Å². The fourth-order valence-electron chi connectivity index (χ4n) is 3.78. The summed E-state index contributed by atoms with van der Waals surface area (Å²) in [6.45, 7) is 1.44. The number of imidazole rings is 1. The molecule has 27 heavy (non-hydrogen) atoms. The van der Waals surface area contributed by atoms with E-state index in [1.807, 2.05) is 51.9 Å². The van der Waals surface area contributed by atoms with Crippen molar-refractivity contribution in [3.63, 3.8) is 0 Å². The number of rotatable bonds is 5. The minimum absolute atomic E-state index is 0.130. The Hall–Kier alpha value is -3.02. The zero-order valence-corrected chi connectivity index (χ0v) is 15.6. The summed E-state index contributed by atoms with van der Waals surface area (Å²) in [7, 11) is 3.33. The molecule has 0 saturated carbocycles. The summed E-state index contributed by atoms with van der Waals surface area (Å²) in [4.78, 5) is 19.1. The van der Waals surface area contributed by atoms with E-state index < -0.39 is 0 Å². The molecule has 0 spiro atoms. The van der Waals surface area contributed by atoms with Crippen molar-refractivity contribution < 1.29 is 14.3 Å². The van der Waals surface area contributed by atoms with Crippen LogP contribution in [-0.2, 0) is 11.2 Å². The van der Waals surface area contributed by atoms with E-state index in [-0.39, 0.29) is 11.8 Å². The standard InChI is InChI=1S/C21H23N3O3/c1-26-17-6-7-19(27-2)18(12-17)15-8-10-23(14-15)21(25)11-16-13-22-20-5-3-4-9-24(16)20/h3-7,9,12-13,15H,8,10-11,14H2,1-2H3/t15-/m0/s1. The van der Waals surface area contributed by atoms with Gasteiger partial charge < -0.3 is 18.8 Å². The van der Waals surface area contributed by atoms with Gasteiger partial charge in [0.1, 0.15) is 17.1 Å². The van der Waals surface area contributed by atoms with Gasteiger partial charge in [0.25, 0.3) is 0 Å². The molecule has 2 aromatic heterocycles. The molecular formula is C21H23N3O3. The Balaban J connectivity index is 1.49. The van der Waals surface area contributed by atoms with Gasteiger partial charge in [-0.3, -0.25) is 4.79 Å². The van der Waals surface area contributed by atoms with E-state index in [1.54, 1.807) is 20.4 Å². The number of amides is 1. The summed E-state index contributed by atoms with van der Waals surface area (Å²) < 4.78 is 12.8. The molecule has 1 saturated heterocycles. The lowest BCUT2D eigenvalue weighted by Gasteiger charge is -2.18. The van der Waals surface area contributed by atoms with Gasteiger partial charge in [0.2, 0.25) is 5.91 Å². The van der Waals surface area contributed by atoms with Crippen LogP contribution in [0.4, 0.5) is 0 Å². The van der Waals surface area contributed by atoms with Gasteiger partial charge >= 0.3 is 0 Å². The molecule has 1 atom stereocenters. The van der Waals surface area contributed by atoms with E-state index in [4.69, 9.17) is 9.47 Å². The monoisotopic (exact) mass is 365 g/mol. The molecule has 3 heterocycles. The number of methoxy groups -OCH3 is 2. The summed E-state index contributed by atoms with van der Waals surface area (Å²) in [6, 6.07) is 11.7. The number of carbonyl (C=O) groups excluding carboxylic acids is 1. The van der Waals surface area contributed by atoms with Gasteiger partial charge in [-0.2, -0.15) is 0 Å². The quantitative estimate of drug-likeness (QED) is 0.698. The van der Waals surface area contributed by atoms with Crippen LogP contribution in [0.25, 0.3) is 5.65 Å². The second kappa shape index (κ2) is 7.31. The van der Waals surface area contributed by atoms with Crippen LogP contribution < -0.4 is 9.47 Å². The fraction of sp³-hybridized carbons (Fsp3) is 0.333. The maximum atomic E-state index is 12.8. The van der Waals surface area contributed by atoms with Gasteiger partial charge in [0.05, 0.1) is 26.3 Å². The van der Waals surface area contributed by atoms with Crippen molar-refractivity contribution in [2.45, 2.75) is 18.8 Å². The molecule has 0 unspecified atom stereocenters. The average molecular weight is 365 g/mol. The summed E-state index contributed by atoms with van der Waals surface area (Å²) >= 11 is 0. The predicted octanol–water partition coefficient (Wildman–Crippen LogP) is 2.91. The van der Waals surface area contributed by atoms with Crippen molar-refractivity contribution in [1.82, 2.24) is 14.3 Å². The Labute approximate surface area is 158 Å². The molecule has 0 N–H and O–H groups in total. The number of fused-ring (bicyclic) bond motifs is 1. The third-order valence-corrected chi connectivity index (χ3v) is 5.24. The zero-order chi connectivity index (χ0) is 18.8. The second-order valence-corrected chi connectivity index (χ2v) is 6.79. The molecule has 6 nitrogen and oxygen atoms in total. The first-order valence-electron chi connectivity index (χ1n) is 9.10. The molecule has 1 aromatic carbocycles. The number of hydrogen-bond acceptors (Lipinski definition) is 4. The van der Waals surface area contributed by atoms with Crippen LogP contribution in [0.3, 0.4) is 0 Å². The third-order valence-electron chi connectivity index (χ3n) is 5.24. The number of benzene rings is 1. The first kappa shape index (κ1) is 17.4. The van der Waals surface area contributed by atoms with Crippen LogP contribution in [0.1, 0.15) is 23.6 Å². The van der Waals surface area contributed by atoms with Crippen molar-refractivity contribution in [1.29, 1.82) is 0 Å². The van der Waals surface area contributed by atoms with E-state index in [2.05, 4.69) is 4.98 Å². The maximum Gasteiger partial charge on any atom is 0.228 e. The van der Waals surface area contributed by atoms with Gasteiger partial charge in [-0.05, 0) is 36.8 Å². The van der Waals surface area contributed by atoms with Gasteiger partial charge in [-0.25, -0.2) is 4.98 Å². The van der Waals surface area contributed by atoms with Gasteiger partial charge in [-0.1, -0.05) is 6.07 Å². The first-order valence-corrected chi connectivity index (χ1v) is 9.10. The number of aromatic nitrogens is 2. The third kappa shape index (κ3) is 3.35. The lowest BCUT2D eigenvalue weighted by molar-refractivity contribution is -0.129. The van der Waals surface area contributed by atoms with Crippen molar-refractivity contribution in [2.75, 3.05) is 27.3 Å². The average Bonchev–Trinajstić information content (AvgIpc) is 3.35. The summed E-state index contributed by atoms with van der Waals surface area (Å²) in [6.07, 6.45) is 5.00. The van der Waals surface area contributed by atoms with Crippen molar-refractivity contribution in [3.05, 3.63) is 60.0 Å². The van der Waals surface area contributed by atoms with Crippen LogP contribution in [-0.4, -0.2) is 47.5 Å². The highest BCUT2D eigenvalue weighted by atomic mass is 16.5. The molecular weight excluding hydrogens is 342 g/mol. The lowest BCUT2D eigenvalue weighted by atomic mass is 9.97. The molecule has 0 aliphatic carbocycles. The van der Waals surface area contributed by atoms with E-state index >= 15 is 0 Å². The molecule has 4 rings (SSSR count). The van der Waals surface area contributed by atoms with E-state index in [0.717, 1.165) is 41.4 Å². The number of likely N-dealkylation sites (tertiary alicyclic amines) is 1. The Morgan fingerprint density at radius 2 is 2.11 bits per heavy atom. The van der Waals surface area contributed by atoms with Crippen LogP contribution in [0.15, 0.2) is 48.8 Å². The highest BCUT2D eigenvalue weighted by Gasteiger charge is 2.29. The van der Waals surface area contributed by atoms with Gasteiger partial charge in [-0.15, -0.1) is 0 Å². The number of hydrogen-bond donors (Lipinski definition) is 0. The van der Waals surface area contributed by atoms with E-state index in [9.17, 15) is 4.79 Å². The smallest absolute Gasteiger partial charge is 0.228 e. The van der Waals surface area contributed by atoms with E-state index in [0.29, 0.717) is 13.0 Å². The maximum absolute atomic E-state index is 12.8. The second-order valence-electron chi connectivity index (χ2n) is 6.79. The minimum atomic E-state index is 0.130. The normalized spacial score (nSPS) is 16.7. The minimum Gasteiger partial charge on any atom is -0.497 e. The molecule has 3 aromatic rings. The molecule has 1 aliphatic heterocycles. The SMILES string of the molecule is COc1ccc(OC)c([C@H]2CCN(C(=O)Cc3cnc4ccccn34)C2)c1. The Morgan fingerprint density at radius 3 is 2.93 bits per heavy atom. The zero-order valence-electron chi connectivity index (χ0n) is 15.6. The van der Waals surface area contributed by atoms with Crippen LogP contribution in [0, 0.1) is 0 Å². The summed E-state index contributed by atoms with van der Waals surface area (Å²) in [5.74, 6) is 2.03. The largest absolute Gasteiger partial charge is 0.497 e. The Bertz CT molecular complexity index is 966. The molecule has 1 aliphatic rings.